The first-order chi connectivity index (χ1) is 16.6. The number of ether oxygens (including phenoxy) is 1. The molecule has 1 fully saturated rings. The van der Waals surface area contributed by atoms with E-state index in [4.69, 9.17) is 9.72 Å². The van der Waals surface area contributed by atoms with E-state index in [2.05, 4.69) is 9.72 Å². The van der Waals surface area contributed by atoms with Crippen molar-refractivity contribution >= 4 is 28.0 Å². The number of nitrogens with zero attached hydrogens (tertiary/aromatic N) is 3. The van der Waals surface area contributed by atoms with Crippen LogP contribution < -0.4 is 5.32 Å². The number of fused-ring (bicyclic) bond motifs is 1. The van der Waals surface area contributed by atoms with Crippen LogP contribution in [0.15, 0.2) is 60.1 Å². The SMILES string of the molecule is O=C(Nc1ccc(F)cc1F)N(CCc1csc2nc(-c3ccccc3)cn12)CC1CCCO1. The number of carbonyl (C=O) groups excluding carboxylic acids is 1. The number of benzene rings is 2. The van der Waals surface area contributed by atoms with Gasteiger partial charge in [-0.25, -0.2) is 18.6 Å². The molecule has 5 rings (SSSR count). The summed E-state index contributed by atoms with van der Waals surface area (Å²) in [5.41, 5.74) is 2.93. The van der Waals surface area contributed by atoms with Crippen molar-refractivity contribution in [2.75, 3.05) is 25.0 Å². The number of thiazole rings is 1. The number of hydrogen-bond acceptors (Lipinski definition) is 4. The van der Waals surface area contributed by atoms with E-state index in [9.17, 15) is 13.6 Å². The van der Waals surface area contributed by atoms with Crippen molar-refractivity contribution in [3.05, 3.63) is 77.4 Å². The smallest absolute Gasteiger partial charge is 0.322 e. The average molecular weight is 483 g/mol. The van der Waals surface area contributed by atoms with E-state index < -0.39 is 17.7 Å². The molecule has 1 aliphatic heterocycles. The highest BCUT2D eigenvalue weighted by Gasteiger charge is 2.24. The number of hydrogen-bond donors (Lipinski definition) is 1. The number of anilines is 1. The highest BCUT2D eigenvalue weighted by molar-refractivity contribution is 7.15. The topological polar surface area (TPSA) is 58.9 Å². The fraction of sp³-hybridized carbons (Fsp3) is 0.280. The first kappa shape index (κ1) is 22.5. The third kappa shape index (κ3) is 4.95. The molecule has 2 aromatic heterocycles. The predicted molar refractivity (Wildman–Crippen MR) is 128 cm³/mol. The van der Waals surface area contributed by atoms with Gasteiger partial charge in [-0.05, 0) is 25.0 Å². The number of urea groups is 1. The lowest BCUT2D eigenvalue weighted by atomic mass is 10.2. The Morgan fingerprint density at radius 1 is 1.24 bits per heavy atom. The van der Waals surface area contributed by atoms with Gasteiger partial charge in [-0.2, -0.15) is 0 Å². The summed E-state index contributed by atoms with van der Waals surface area (Å²) < 4.78 is 35.1. The minimum atomic E-state index is -0.809. The summed E-state index contributed by atoms with van der Waals surface area (Å²) in [4.78, 5) is 20.3. The molecule has 176 valence electrons. The number of aromatic nitrogens is 2. The van der Waals surface area contributed by atoms with Crippen LogP contribution in [0.4, 0.5) is 19.3 Å². The number of imidazole rings is 1. The molecular formula is C25H24F2N4O2S. The summed E-state index contributed by atoms with van der Waals surface area (Å²) in [6.45, 7) is 1.50. The summed E-state index contributed by atoms with van der Waals surface area (Å²) in [7, 11) is 0. The molecule has 1 saturated heterocycles. The molecule has 4 aromatic rings. The lowest BCUT2D eigenvalue weighted by Crippen LogP contribution is -2.41. The number of nitrogens with one attached hydrogen (secondary N) is 1. The third-order valence-electron chi connectivity index (χ3n) is 5.90. The Kier molecular flexibility index (Phi) is 6.55. The van der Waals surface area contributed by atoms with Gasteiger partial charge in [-0.3, -0.25) is 4.40 Å². The highest BCUT2D eigenvalue weighted by Crippen LogP contribution is 2.24. The van der Waals surface area contributed by atoms with Crippen molar-refractivity contribution in [2.45, 2.75) is 25.4 Å². The minimum Gasteiger partial charge on any atom is -0.376 e. The lowest BCUT2D eigenvalue weighted by molar-refractivity contribution is 0.0838. The van der Waals surface area contributed by atoms with E-state index in [0.717, 1.165) is 46.9 Å². The summed E-state index contributed by atoms with van der Waals surface area (Å²) in [5.74, 6) is -1.50. The Balaban J connectivity index is 1.32. The second-order valence-electron chi connectivity index (χ2n) is 8.26. The number of halogens is 2. The Bertz CT molecular complexity index is 1280. The molecular weight excluding hydrogens is 458 g/mol. The molecule has 1 N–H and O–H groups in total. The fourth-order valence-corrected chi connectivity index (χ4v) is 5.01. The van der Waals surface area contributed by atoms with E-state index in [0.29, 0.717) is 26.1 Å². The van der Waals surface area contributed by atoms with Crippen LogP contribution in [-0.4, -0.2) is 46.1 Å². The molecule has 3 heterocycles. The molecule has 2 aromatic carbocycles. The van der Waals surface area contributed by atoms with Crippen LogP contribution >= 0.6 is 11.3 Å². The van der Waals surface area contributed by atoms with E-state index in [-0.39, 0.29) is 11.8 Å². The van der Waals surface area contributed by atoms with Crippen LogP contribution in [0.5, 0.6) is 0 Å². The Hall–Kier alpha value is -3.30. The molecule has 0 spiro atoms. The van der Waals surface area contributed by atoms with Gasteiger partial charge in [0.15, 0.2) is 4.96 Å². The monoisotopic (exact) mass is 482 g/mol. The van der Waals surface area contributed by atoms with Crippen LogP contribution in [0.25, 0.3) is 16.2 Å². The van der Waals surface area contributed by atoms with Crippen LogP contribution in [0.1, 0.15) is 18.5 Å². The maximum absolute atomic E-state index is 14.1. The molecule has 1 unspecified atom stereocenters. The predicted octanol–water partition coefficient (Wildman–Crippen LogP) is 5.60. The molecule has 0 radical (unpaired) electrons. The van der Waals surface area contributed by atoms with Crippen molar-refractivity contribution < 1.29 is 18.3 Å². The van der Waals surface area contributed by atoms with Gasteiger partial charge in [-0.1, -0.05) is 30.3 Å². The molecule has 1 atom stereocenters. The molecule has 0 bridgehead atoms. The van der Waals surface area contributed by atoms with Crippen molar-refractivity contribution in [1.82, 2.24) is 14.3 Å². The molecule has 6 nitrogen and oxygen atoms in total. The van der Waals surface area contributed by atoms with Crippen LogP contribution in [0.2, 0.25) is 0 Å². The summed E-state index contributed by atoms with van der Waals surface area (Å²) in [6, 6.07) is 12.6. The van der Waals surface area contributed by atoms with E-state index >= 15 is 0 Å². The van der Waals surface area contributed by atoms with Gasteiger partial charge < -0.3 is 15.0 Å². The number of carbonyl (C=O) groups is 1. The Labute approximate surface area is 199 Å². The Morgan fingerprint density at radius 2 is 2.09 bits per heavy atom. The second kappa shape index (κ2) is 9.90. The van der Waals surface area contributed by atoms with Gasteiger partial charge >= 0.3 is 6.03 Å². The average Bonchev–Trinajstić information content (AvgIpc) is 3.57. The zero-order chi connectivity index (χ0) is 23.5. The summed E-state index contributed by atoms with van der Waals surface area (Å²) in [5, 5.41) is 4.62. The van der Waals surface area contributed by atoms with Crippen molar-refractivity contribution in [3.8, 4) is 11.3 Å². The van der Waals surface area contributed by atoms with E-state index in [1.807, 2.05) is 41.9 Å². The van der Waals surface area contributed by atoms with Gasteiger partial charge in [-0.15, -0.1) is 11.3 Å². The largest absolute Gasteiger partial charge is 0.376 e. The number of amides is 2. The third-order valence-corrected chi connectivity index (χ3v) is 6.79. The van der Waals surface area contributed by atoms with Gasteiger partial charge in [0.1, 0.15) is 11.6 Å². The minimum absolute atomic E-state index is 0.0516. The van der Waals surface area contributed by atoms with Gasteiger partial charge in [0.05, 0.1) is 17.5 Å². The maximum Gasteiger partial charge on any atom is 0.322 e. The van der Waals surface area contributed by atoms with Crippen molar-refractivity contribution in [1.29, 1.82) is 0 Å². The van der Waals surface area contributed by atoms with E-state index in [1.165, 1.54) is 6.07 Å². The van der Waals surface area contributed by atoms with E-state index in [1.54, 1.807) is 16.2 Å². The molecule has 0 saturated carbocycles. The fourth-order valence-electron chi connectivity index (χ4n) is 4.10. The lowest BCUT2D eigenvalue weighted by Gasteiger charge is -2.26. The highest BCUT2D eigenvalue weighted by atomic mass is 32.1. The zero-order valence-corrected chi connectivity index (χ0v) is 19.2. The van der Waals surface area contributed by atoms with Gasteiger partial charge in [0, 0.05) is 55.0 Å². The first-order valence-corrected chi connectivity index (χ1v) is 12.1. The molecule has 2 amide bonds. The quantitative estimate of drug-likeness (QED) is 0.373. The molecule has 34 heavy (non-hydrogen) atoms. The second-order valence-corrected chi connectivity index (χ2v) is 9.09. The van der Waals surface area contributed by atoms with Gasteiger partial charge in [0.25, 0.3) is 0 Å². The Morgan fingerprint density at radius 3 is 2.85 bits per heavy atom. The summed E-state index contributed by atoms with van der Waals surface area (Å²) in [6.07, 6.45) is 4.38. The zero-order valence-electron chi connectivity index (χ0n) is 18.4. The molecule has 1 aliphatic rings. The van der Waals surface area contributed by atoms with Crippen molar-refractivity contribution in [2.24, 2.45) is 0 Å². The standard InChI is InChI=1S/C25H24F2N4O2S/c26-18-8-9-22(21(27)13-18)28-24(32)30(14-20-7-4-12-33-20)11-10-19-16-34-25-29-23(15-31(19)25)17-5-2-1-3-6-17/h1-3,5-6,8-9,13,15-16,20H,4,7,10-12,14H2,(H,28,32). The van der Waals surface area contributed by atoms with Crippen LogP contribution in [-0.2, 0) is 11.2 Å². The maximum atomic E-state index is 14.1. The molecule has 0 aliphatic carbocycles. The van der Waals surface area contributed by atoms with Gasteiger partial charge in [0.2, 0.25) is 0 Å². The summed E-state index contributed by atoms with van der Waals surface area (Å²) >= 11 is 1.55. The molecule has 9 heteroatoms. The van der Waals surface area contributed by atoms with Crippen LogP contribution in [0, 0.1) is 11.6 Å². The number of rotatable bonds is 7. The normalized spacial score (nSPS) is 15.6. The van der Waals surface area contributed by atoms with Crippen LogP contribution in [0.3, 0.4) is 0 Å². The first-order valence-electron chi connectivity index (χ1n) is 11.2. The van der Waals surface area contributed by atoms with Crippen molar-refractivity contribution in [3.63, 3.8) is 0 Å².